The lowest BCUT2D eigenvalue weighted by Gasteiger charge is -2.34. The van der Waals surface area contributed by atoms with Gasteiger partial charge < -0.3 is 10.6 Å². The quantitative estimate of drug-likeness (QED) is 0.754. The Bertz CT molecular complexity index is 1060. The second-order valence-electron chi connectivity index (χ2n) is 6.80. The van der Waals surface area contributed by atoms with E-state index in [1.54, 1.807) is 19.1 Å². The summed E-state index contributed by atoms with van der Waals surface area (Å²) in [4.78, 5) is 24.2. The van der Waals surface area contributed by atoms with Crippen LogP contribution in [-0.2, 0) is 32.6 Å². The van der Waals surface area contributed by atoms with Crippen molar-refractivity contribution in [1.29, 1.82) is 0 Å². The van der Waals surface area contributed by atoms with Crippen LogP contribution < -0.4 is 10.6 Å². The van der Waals surface area contributed by atoms with E-state index in [0.29, 0.717) is 17.8 Å². The van der Waals surface area contributed by atoms with Crippen molar-refractivity contribution >= 4 is 44.8 Å². The van der Waals surface area contributed by atoms with Crippen molar-refractivity contribution in [1.82, 2.24) is 4.31 Å². The highest BCUT2D eigenvalue weighted by atomic mass is 35.5. The molecule has 1 aliphatic rings. The Kier molecular flexibility index (Phi) is 6.26. The normalized spacial score (nSPS) is 16.7. The van der Waals surface area contributed by atoms with Crippen LogP contribution in [0.5, 0.6) is 0 Å². The molecular formula is C20H22ClN3O4S. The molecule has 1 heterocycles. The van der Waals surface area contributed by atoms with Crippen molar-refractivity contribution in [3.05, 3.63) is 58.6 Å². The fraction of sp³-hybridized carbons (Fsp3) is 0.300. The molecule has 2 N–H and O–H groups in total. The van der Waals surface area contributed by atoms with Crippen molar-refractivity contribution in [3.63, 3.8) is 0 Å². The van der Waals surface area contributed by atoms with E-state index in [-0.39, 0.29) is 23.2 Å². The van der Waals surface area contributed by atoms with Crippen molar-refractivity contribution in [2.75, 3.05) is 16.4 Å². The van der Waals surface area contributed by atoms with Crippen molar-refractivity contribution in [3.8, 4) is 0 Å². The molecule has 1 aliphatic heterocycles. The summed E-state index contributed by atoms with van der Waals surface area (Å²) < 4.78 is 26.5. The molecule has 0 saturated heterocycles. The molecule has 2 amide bonds. The van der Waals surface area contributed by atoms with Crippen LogP contribution in [0.2, 0.25) is 5.02 Å². The van der Waals surface area contributed by atoms with E-state index in [9.17, 15) is 18.0 Å². The molecule has 2 aromatic carbocycles. The number of carbonyl (C=O) groups excluding carboxylic acids is 2. The summed E-state index contributed by atoms with van der Waals surface area (Å²) in [5.74, 6) is -0.777. The van der Waals surface area contributed by atoms with Gasteiger partial charge in [0.25, 0.3) is 0 Å². The molecule has 0 spiro atoms. The highest BCUT2D eigenvalue weighted by molar-refractivity contribution is 7.89. The van der Waals surface area contributed by atoms with Crippen molar-refractivity contribution in [2.24, 2.45) is 0 Å². The van der Waals surface area contributed by atoms with Gasteiger partial charge in [0.1, 0.15) is 6.04 Å². The molecule has 7 nitrogen and oxygen atoms in total. The minimum atomic E-state index is -3.58. The maximum absolute atomic E-state index is 13.0. The van der Waals surface area contributed by atoms with E-state index in [4.69, 9.17) is 11.6 Å². The number of nitrogens with zero attached hydrogens (tertiary/aromatic N) is 1. The van der Waals surface area contributed by atoms with E-state index in [0.717, 1.165) is 11.1 Å². The van der Waals surface area contributed by atoms with Crippen LogP contribution in [0.1, 0.15) is 25.0 Å². The Labute approximate surface area is 175 Å². The molecule has 0 fully saturated rings. The first kappa shape index (κ1) is 21.3. The average Bonchev–Trinajstić information content (AvgIpc) is 2.68. The molecule has 9 heteroatoms. The predicted molar refractivity (Wildman–Crippen MR) is 113 cm³/mol. The van der Waals surface area contributed by atoms with Gasteiger partial charge in [-0.05, 0) is 42.7 Å². The SMILES string of the molecule is CCS(=O)(=O)N1Cc2ccccc2CC1C(=O)Nc1ccc(NC(C)=O)c(Cl)c1. The third-order valence-electron chi connectivity index (χ3n) is 4.78. The highest BCUT2D eigenvalue weighted by Gasteiger charge is 2.37. The van der Waals surface area contributed by atoms with Crippen molar-refractivity contribution < 1.29 is 18.0 Å². The average molecular weight is 436 g/mol. The smallest absolute Gasteiger partial charge is 0.243 e. The van der Waals surface area contributed by atoms with Gasteiger partial charge in [0, 0.05) is 19.2 Å². The standard InChI is InChI=1S/C20H22ClN3O4S/c1-3-29(27,28)24-12-15-7-5-4-6-14(15)10-19(24)20(26)23-16-8-9-18(17(21)11-16)22-13(2)25/h4-9,11,19H,3,10,12H2,1-2H3,(H,22,25)(H,23,26). The van der Waals surface area contributed by atoms with Crippen molar-refractivity contribution in [2.45, 2.75) is 32.9 Å². The Balaban J connectivity index is 1.86. The van der Waals surface area contributed by atoms with Gasteiger partial charge in [0.05, 0.1) is 16.5 Å². The summed E-state index contributed by atoms with van der Waals surface area (Å²) in [7, 11) is -3.58. The zero-order valence-corrected chi connectivity index (χ0v) is 17.7. The Morgan fingerprint density at radius 2 is 1.83 bits per heavy atom. The Morgan fingerprint density at radius 3 is 2.45 bits per heavy atom. The minimum Gasteiger partial charge on any atom is -0.325 e. The summed E-state index contributed by atoms with van der Waals surface area (Å²) in [5, 5.41) is 5.61. The lowest BCUT2D eigenvalue weighted by molar-refractivity contribution is -0.120. The second-order valence-corrected chi connectivity index (χ2v) is 9.42. The molecule has 29 heavy (non-hydrogen) atoms. The fourth-order valence-electron chi connectivity index (χ4n) is 3.29. The van der Waals surface area contributed by atoms with Gasteiger partial charge in [-0.25, -0.2) is 8.42 Å². The van der Waals surface area contributed by atoms with Crippen LogP contribution >= 0.6 is 11.6 Å². The van der Waals surface area contributed by atoms with Gasteiger partial charge in [0.2, 0.25) is 21.8 Å². The first-order chi connectivity index (χ1) is 13.7. The zero-order chi connectivity index (χ0) is 21.2. The fourth-order valence-corrected chi connectivity index (χ4v) is 4.74. The van der Waals surface area contributed by atoms with Crippen LogP contribution in [0.3, 0.4) is 0 Å². The molecule has 0 radical (unpaired) electrons. The maximum Gasteiger partial charge on any atom is 0.243 e. The maximum atomic E-state index is 13.0. The molecule has 0 bridgehead atoms. The third-order valence-corrected chi connectivity index (χ3v) is 6.92. The van der Waals surface area contributed by atoms with Gasteiger partial charge in [-0.15, -0.1) is 0 Å². The Hall–Kier alpha value is -2.42. The van der Waals surface area contributed by atoms with Gasteiger partial charge in [-0.2, -0.15) is 4.31 Å². The number of sulfonamides is 1. The minimum absolute atomic E-state index is 0.0871. The molecule has 154 valence electrons. The number of carbonyl (C=O) groups is 2. The number of amides is 2. The van der Waals surface area contributed by atoms with E-state index >= 15 is 0 Å². The van der Waals surface area contributed by atoms with Gasteiger partial charge >= 0.3 is 0 Å². The number of hydrogen-bond acceptors (Lipinski definition) is 4. The van der Waals surface area contributed by atoms with Gasteiger partial charge in [-0.1, -0.05) is 35.9 Å². The predicted octanol–water partition coefficient (Wildman–Crippen LogP) is 3.01. The summed E-state index contributed by atoms with van der Waals surface area (Å²) >= 11 is 6.16. The number of halogens is 1. The monoisotopic (exact) mass is 435 g/mol. The zero-order valence-electron chi connectivity index (χ0n) is 16.1. The number of benzene rings is 2. The van der Waals surface area contributed by atoms with E-state index in [1.165, 1.54) is 17.3 Å². The van der Waals surface area contributed by atoms with Crippen LogP contribution in [-0.4, -0.2) is 36.3 Å². The molecule has 0 aromatic heterocycles. The van der Waals surface area contributed by atoms with Crippen LogP contribution in [0, 0.1) is 0 Å². The number of rotatable bonds is 5. The van der Waals surface area contributed by atoms with E-state index in [2.05, 4.69) is 10.6 Å². The van der Waals surface area contributed by atoms with Gasteiger partial charge in [0.15, 0.2) is 0 Å². The summed E-state index contributed by atoms with van der Waals surface area (Å²) in [6.07, 6.45) is 0.291. The first-order valence-electron chi connectivity index (χ1n) is 9.15. The molecular weight excluding hydrogens is 414 g/mol. The highest BCUT2D eigenvalue weighted by Crippen LogP contribution is 2.29. The lowest BCUT2D eigenvalue weighted by atomic mass is 9.95. The molecule has 1 atom stereocenters. The lowest BCUT2D eigenvalue weighted by Crippen LogP contribution is -2.51. The van der Waals surface area contributed by atoms with Crippen LogP contribution in [0.4, 0.5) is 11.4 Å². The van der Waals surface area contributed by atoms with E-state index < -0.39 is 22.0 Å². The molecule has 2 aromatic rings. The topological polar surface area (TPSA) is 95.6 Å². The third kappa shape index (κ3) is 4.77. The Morgan fingerprint density at radius 1 is 1.14 bits per heavy atom. The molecule has 1 unspecified atom stereocenters. The molecule has 0 aliphatic carbocycles. The van der Waals surface area contributed by atoms with E-state index in [1.807, 2.05) is 24.3 Å². The summed E-state index contributed by atoms with van der Waals surface area (Å²) in [6.45, 7) is 3.09. The number of nitrogens with one attached hydrogen (secondary N) is 2. The van der Waals surface area contributed by atoms with Gasteiger partial charge in [-0.3, -0.25) is 9.59 Å². The summed E-state index contributed by atoms with van der Waals surface area (Å²) in [5.41, 5.74) is 2.70. The number of anilines is 2. The van der Waals surface area contributed by atoms with Crippen LogP contribution in [0.25, 0.3) is 0 Å². The number of hydrogen-bond donors (Lipinski definition) is 2. The molecule has 0 saturated carbocycles. The largest absolute Gasteiger partial charge is 0.325 e. The second kappa shape index (κ2) is 8.52. The molecule has 3 rings (SSSR count). The first-order valence-corrected chi connectivity index (χ1v) is 11.1. The number of fused-ring (bicyclic) bond motifs is 1. The summed E-state index contributed by atoms with van der Waals surface area (Å²) in [6, 6.07) is 11.4. The van der Waals surface area contributed by atoms with Crippen LogP contribution in [0.15, 0.2) is 42.5 Å².